The van der Waals surface area contributed by atoms with Gasteiger partial charge in [0.2, 0.25) is 0 Å². The highest BCUT2D eigenvalue weighted by Crippen LogP contribution is 2.28. The van der Waals surface area contributed by atoms with Crippen molar-refractivity contribution in [1.29, 1.82) is 0 Å². The van der Waals surface area contributed by atoms with Crippen LogP contribution in [0.2, 0.25) is 0 Å². The summed E-state index contributed by atoms with van der Waals surface area (Å²) < 4.78 is 11.6. The van der Waals surface area contributed by atoms with E-state index in [1.165, 1.54) is 10.9 Å². The molecule has 0 unspecified atom stereocenters. The second-order valence-corrected chi connectivity index (χ2v) is 3.07. The van der Waals surface area contributed by atoms with Crippen LogP contribution in [0, 0.1) is 0 Å². The Morgan fingerprint density at radius 1 is 1.25 bits per heavy atom. The molecule has 0 bridgehead atoms. The zero-order valence-electron chi connectivity index (χ0n) is 8.93. The van der Waals surface area contributed by atoms with Gasteiger partial charge in [-0.3, -0.25) is 0 Å². The lowest BCUT2D eigenvalue weighted by Gasteiger charge is -2.08. The molecule has 0 amide bonds. The number of methoxy groups -OCH3 is 2. The van der Waals surface area contributed by atoms with Crippen LogP contribution < -0.4 is 15.2 Å². The van der Waals surface area contributed by atoms with Crippen LogP contribution >= 0.6 is 0 Å². The van der Waals surface area contributed by atoms with Gasteiger partial charge in [0.05, 0.1) is 19.9 Å². The van der Waals surface area contributed by atoms with Gasteiger partial charge >= 0.3 is 5.69 Å². The summed E-state index contributed by atoms with van der Waals surface area (Å²) in [6, 6.07) is 5.18. The molecule has 1 N–H and O–H groups in total. The lowest BCUT2D eigenvalue weighted by atomic mass is 10.2. The first-order valence-electron chi connectivity index (χ1n) is 4.60. The van der Waals surface area contributed by atoms with E-state index in [1.807, 2.05) is 0 Å². The van der Waals surface area contributed by atoms with Gasteiger partial charge in [0.1, 0.15) is 6.33 Å². The van der Waals surface area contributed by atoms with E-state index in [9.17, 15) is 4.79 Å². The van der Waals surface area contributed by atoms with Gasteiger partial charge in [-0.2, -0.15) is 5.10 Å². The SMILES string of the molecule is COc1ccc(-n2cn[nH]c2=O)cc1OC. The maximum Gasteiger partial charge on any atom is 0.347 e. The Kier molecular flexibility index (Phi) is 2.63. The van der Waals surface area contributed by atoms with E-state index in [-0.39, 0.29) is 5.69 Å². The molecule has 84 valence electrons. The van der Waals surface area contributed by atoms with Gasteiger partial charge in [-0.15, -0.1) is 0 Å². The maximum absolute atomic E-state index is 11.3. The average molecular weight is 221 g/mol. The summed E-state index contributed by atoms with van der Waals surface area (Å²) in [4.78, 5) is 11.3. The standard InChI is InChI=1S/C10H11N3O3/c1-15-8-4-3-7(5-9(8)16-2)13-6-11-12-10(13)14/h3-6H,1-2H3,(H,12,14). The van der Waals surface area contributed by atoms with E-state index in [0.29, 0.717) is 17.2 Å². The lowest BCUT2D eigenvalue weighted by Crippen LogP contribution is -2.14. The van der Waals surface area contributed by atoms with Crippen LogP contribution in [-0.2, 0) is 0 Å². The van der Waals surface area contributed by atoms with Crippen molar-refractivity contribution in [2.24, 2.45) is 0 Å². The molecular weight excluding hydrogens is 210 g/mol. The maximum atomic E-state index is 11.3. The number of nitrogens with zero attached hydrogens (tertiary/aromatic N) is 2. The zero-order valence-corrected chi connectivity index (χ0v) is 8.93. The monoisotopic (exact) mass is 221 g/mol. The smallest absolute Gasteiger partial charge is 0.347 e. The third-order valence-corrected chi connectivity index (χ3v) is 2.20. The molecular formula is C10H11N3O3. The summed E-state index contributed by atoms with van der Waals surface area (Å²) >= 11 is 0. The average Bonchev–Trinajstić information content (AvgIpc) is 2.74. The molecule has 16 heavy (non-hydrogen) atoms. The van der Waals surface area contributed by atoms with Crippen molar-refractivity contribution in [3.05, 3.63) is 35.0 Å². The molecule has 0 saturated carbocycles. The third kappa shape index (κ3) is 1.65. The first kappa shape index (κ1) is 10.3. The predicted octanol–water partition coefficient (Wildman–Crippen LogP) is 0.578. The summed E-state index contributed by atoms with van der Waals surface area (Å²) in [7, 11) is 3.10. The van der Waals surface area contributed by atoms with E-state index in [1.54, 1.807) is 32.4 Å². The van der Waals surface area contributed by atoms with E-state index in [0.717, 1.165) is 0 Å². The molecule has 0 aliphatic carbocycles. The number of benzene rings is 1. The van der Waals surface area contributed by atoms with E-state index < -0.39 is 0 Å². The van der Waals surface area contributed by atoms with E-state index in [4.69, 9.17) is 9.47 Å². The van der Waals surface area contributed by atoms with Crippen LogP contribution in [0.25, 0.3) is 5.69 Å². The highest BCUT2D eigenvalue weighted by molar-refractivity contribution is 5.48. The molecule has 0 atom stereocenters. The minimum absolute atomic E-state index is 0.299. The van der Waals surface area contributed by atoms with Crippen LogP contribution in [0.1, 0.15) is 0 Å². The number of H-pyrrole nitrogens is 1. The minimum atomic E-state index is -0.299. The highest BCUT2D eigenvalue weighted by atomic mass is 16.5. The summed E-state index contributed by atoms with van der Waals surface area (Å²) in [5.41, 5.74) is 0.364. The van der Waals surface area contributed by atoms with Crippen molar-refractivity contribution < 1.29 is 9.47 Å². The van der Waals surface area contributed by atoms with Crippen molar-refractivity contribution >= 4 is 0 Å². The van der Waals surface area contributed by atoms with Gasteiger partial charge in [0.15, 0.2) is 11.5 Å². The van der Waals surface area contributed by atoms with Crippen molar-refractivity contribution in [1.82, 2.24) is 14.8 Å². The fourth-order valence-electron chi connectivity index (χ4n) is 1.41. The topological polar surface area (TPSA) is 69.1 Å². The van der Waals surface area contributed by atoms with Gasteiger partial charge in [-0.25, -0.2) is 14.5 Å². The zero-order chi connectivity index (χ0) is 11.5. The molecule has 1 aromatic carbocycles. The van der Waals surface area contributed by atoms with Crippen LogP contribution in [0.4, 0.5) is 0 Å². The second kappa shape index (κ2) is 4.09. The van der Waals surface area contributed by atoms with Gasteiger partial charge in [0, 0.05) is 6.07 Å². The Hall–Kier alpha value is -2.24. The quantitative estimate of drug-likeness (QED) is 0.823. The van der Waals surface area contributed by atoms with Crippen molar-refractivity contribution in [3.8, 4) is 17.2 Å². The lowest BCUT2D eigenvalue weighted by molar-refractivity contribution is 0.355. The Morgan fingerprint density at radius 2 is 2.00 bits per heavy atom. The van der Waals surface area contributed by atoms with Gasteiger partial charge in [-0.05, 0) is 12.1 Å². The molecule has 0 fully saturated rings. The highest BCUT2D eigenvalue weighted by Gasteiger charge is 2.07. The van der Waals surface area contributed by atoms with E-state index >= 15 is 0 Å². The number of nitrogens with one attached hydrogen (secondary N) is 1. The largest absolute Gasteiger partial charge is 0.493 e. The van der Waals surface area contributed by atoms with Crippen molar-refractivity contribution in [2.45, 2.75) is 0 Å². The molecule has 1 heterocycles. The number of ether oxygens (including phenoxy) is 2. The molecule has 0 saturated heterocycles. The van der Waals surface area contributed by atoms with Crippen LogP contribution in [0.15, 0.2) is 29.3 Å². The molecule has 2 rings (SSSR count). The molecule has 2 aromatic rings. The fraction of sp³-hybridized carbons (Fsp3) is 0.200. The fourth-order valence-corrected chi connectivity index (χ4v) is 1.41. The number of hydrogen-bond acceptors (Lipinski definition) is 4. The van der Waals surface area contributed by atoms with Gasteiger partial charge < -0.3 is 9.47 Å². The molecule has 1 aromatic heterocycles. The first-order chi connectivity index (χ1) is 7.76. The molecule has 6 nitrogen and oxygen atoms in total. The Labute approximate surface area is 91.4 Å². The van der Waals surface area contributed by atoms with Gasteiger partial charge in [-0.1, -0.05) is 0 Å². The number of hydrogen-bond donors (Lipinski definition) is 1. The molecule has 0 aliphatic rings. The first-order valence-corrected chi connectivity index (χ1v) is 4.60. The second-order valence-electron chi connectivity index (χ2n) is 3.07. The summed E-state index contributed by atoms with van der Waals surface area (Å²) in [5.74, 6) is 1.18. The summed E-state index contributed by atoms with van der Waals surface area (Å²) in [5, 5.41) is 5.97. The number of aromatic nitrogens is 3. The molecule has 6 heteroatoms. The predicted molar refractivity (Wildman–Crippen MR) is 57.3 cm³/mol. The summed E-state index contributed by atoms with van der Waals surface area (Å²) in [6.45, 7) is 0. The van der Waals surface area contributed by atoms with Crippen LogP contribution in [0.5, 0.6) is 11.5 Å². The molecule has 0 radical (unpaired) electrons. The van der Waals surface area contributed by atoms with Gasteiger partial charge in [0.25, 0.3) is 0 Å². The number of rotatable bonds is 3. The Balaban J connectivity index is 2.52. The molecule has 0 spiro atoms. The Bertz CT molecular complexity index is 544. The summed E-state index contributed by atoms with van der Waals surface area (Å²) in [6.07, 6.45) is 1.41. The normalized spacial score (nSPS) is 10.1. The van der Waals surface area contributed by atoms with E-state index in [2.05, 4.69) is 10.2 Å². The third-order valence-electron chi connectivity index (χ3n) is 2.20. The molecule has 0 aliphatic heterocycles. The van der Waals surface area contributed by atoms with Crippen molar-refractivity contribution in [2.75, 3.05) is 14.2 Å². The number of aromatic amines is 1. The minimum Gasteiger partial charge on any atom is -0.493 e. The van der Waals surface area contributed by atoms with Crippen molar-refractivity contribution in [3.63, 3.8) is 0 Å². The Morgan fingerprint density at radius 3 is 2.56 bits per heavy atom. The van der Waals surface area contributed by atoms with Crippen LogP contribution in [0.3, 0.4) is 0 Å². The van der Waals surface area contributed by atoms with Crippen LogP contribution in [-0.4, -0.2) is 29.0 Å².